The van der Waals surface area contributed by atoms with E-state index >= 15 is 0 Å². The number of anilines is 2. The van der Waals surface area contributed by atoms with E-state index in [4.69, 9.17) is 14.2 Å². The van der Waals surface area contributed by atoms with Crippen LogP contribution >= 0.6 is 0 Å². The monoisotopic (exact) mass is 988 g/mol. The number of carboxylic acids is 1. The first-order valence-electron chi connectivity index (χ1n) is 21.6. The summed E-state index contributed by atoms with van der Waals surface area (Å²) in [5.74, 6) is -1.44. The minimum atomic E-state index is -4.33. The number of carbonyl (C=O) groups excluding carboxylic acids is 1. The van der Waals surface area contributed by atoms with Crippen LogP contribution in [0.1, 0.15) is 55.8 Å². The second kappa shape index (κ2) is 20.8. The lowest BCUT2D eigenvalue weighted by Crippen LogP contribution is -2.15. The van der Waals surface area contributed by atoms with E-state index in [0.29, 0.717) is 73.0 Å². The molecule has 4 aromatic carbocycles. The summed E-state index contributed by atoms with van der Waals surface area (Å²) in [5.41, 5.74) is 7.04. The fourth-order valence-corrected chi connectivity index (χ4v) is 7.45. The maximum atomic E-state index is 13.8. The average Bonchev–Trinajstić information content (AvgIpc) is 3.93. The Hall–Kier alpha value is -8.16. The SMILES string of the molecule is COC(=O)c1ccc(-c2cnc3c(NCCC(F)(F)F)cc(Oc4cc(F)ccc4C)cn23)cc1C.Cc1ccc(F)cc1Oc1cc(NCCC(F)(F)F)c2ncc(-c3ccc(C(=O)O)c(C)c3)n2c1. The van der Waals surface area contributed by atoms with Crippen molar-refractivity contribution in [3.63, 3.8) is 0 Å². The zero-order chi connectivity index (χ0) is 51.4. The Balaban J connectivity index is 0.000000209. The summed E-state index contributed by atoms with van der Waals surface area (Å²) in [6, 6.07) is 21.2. The number of aryl methyl sites for hydroxylation is 4. The van der Waals surface area contributed by atoms with Crippen LogP contribution in [0.4, 0.5) is 46.5 Å². The fourth-order valence-electron chi connectivity index (χ4n) is 7.45. The molecule has 0 aliphatic rings. The number of fused-ring (bicyclic) bond motifs is 2. The molecule has 20 heteroatoms. The first kappa shape index (κ1) is 50.7. The molecule has 0 saturated carbocycles. The Bertz CT molecular complexity index is 3280. The number of alkyl halides is 6. The molecule has 0 radical (unpaired) electrons. The van der Waals surface area contributed by atoms with Gasteiger partial charge in [0, 0.05) is 48.5 Å². The van der Waals surface area contributed by atoms with Gasteiger partial charge in [-0.25, -0.2) is 28.3 Å². The molecule has 3 N–H and O–H groups in total. The molecule has 8 aromatic rings. The zero-order valence-electron chi connectivity index (χ0n) is 38.5. The quantitative estimate of drug-likeness (QED) is 0.0712. The first-order valence-corrected chi connectivity index (χ1v) is 21.6. The van der Waals surface area contributed by atoms with Gasteiger partial charge in [0.05, 0.1) is 78.6 Å². The number of carbonyl (C=O) groups is 2. The topological polar surface area (TPSA) is 141 Å². The third-order valence-electron chi connectivity index (χ3n) is 11.0. The number of carboxylic acid groups (broad SMARTS) is 1. The van der Waals surface area contributed by atoms with Crippen LogP contribution in [-0.4, -0.2) is 68.4 Å². The van der Waals surface area contributed by atoms with Gasteiger partial charge in [0.15, 0.2) is 11.3 Å². The van der Waals surface area contributed by atoms with Gasteiger partial charge in [0.1, 0.15) is 34.6 Å². The van der Waals surface area contributed by atoms with Crippen molar-refractivity contribution >= 4 is 34.6 Å². The van der Waals surface area contributed by atoms with Crippen molar-refractivity contribution in [2.45, 2.75) is 52.9 Å². The van der Waals surface area contributed by atoms with Crippen molar-refractivity contribution in [3.05, 3.63) is 155 Å². The third-order valence-corrected chi connectivity index (χ3v) is 11.0. The van der Waals surface area contributed by atoms with Crippen LogP contribution in [0, 0.1) is 39.3 Å². The van der Waals surface area contributed by atoms with E-state index in [1.54, 1.807) is 97.6 Å². The molecule has 4 heterocycles. The Kier molecular flexibility index (Phi) is 14.9. The molecular formula is C51H44F8N6O6. The Morgan fingerprint density at radius 3 is 1.39 bits per heavy atom. The maximum absolute atomic E-state index is 13.8. The lowest BCUT2D eigenvalue weighted by Gasteiger charge is -2.15. The number of nitrogens with zero attached hydrogens (tertiary/aromatic N) is 4. The van der Waals surface area contributed by atoms with Crippen molar-refractivity contribution in [2.75, 3.05) is 30.8 Å². The molecule has 0 aliphatic heterocycles. The van der Waals surface area contributed by atoms with Crippen molar-refractivity contribution in [1.29, 1.82) is 0 Å². The number of halogens is 8. The number of benzene rings is 4. The summed E-state index contributed by atoms with van der Waals surface area (Å²) >= 11 is 0. The standard InChI is InChI=1S/C26H23F4N3O3.C25H21F4N3O3/c1-15-4-6-18(27)11-23(15)36-19-12-21(31-9-8-26(28,29)30)24-32-13-22(33(24)14-19)17-5-7-20(16(2)10-17)25(34)35-3;1-14-3-5-17(26)10-22(14)35-18-11-20(30-8-7-25(27,28)29)23-31-12-21(32(23)13-18)16-4-6-19(24(33)34)15(2)9-16/h4-7,10-14,31H,8-9H2,1-3H3;3-6,9-13,30H,7-8H2,1-2H3,(H,33,34). The van der Waals surface area contributed by atoms with Gasteiger partial charge >= 0.3 is 24.3 Å². The first-order chi connectivity index (χ1) is 33.6. The molecule has 0 unspecified atom stereocenters. The zero-order valence-corrected chi connectivity index (χ0v) is 38.5. The summed E-state index contributed by atoms with van der Waals surface area (Å²) in [6.07, 6.45) is -4.40. The molecule has 370 valence electrons. The van der Waals surface area contributed by atoms with E-state index in [-0.39, 0.29) is 41.7 Å². The van der Waals surface area contributed by atoms with Gasteiger partial charge in [0.2, 0.25) is 0 Å². The number of hydrogen-bond donors (Lipinski definition) is 3. The summed E-state index contributed by atoms with van der Waals surface area (Å²) < 4.78 is 124. The van der Waals surface area contributed by atoms with E-state index in [0.717, 1.165) is 0 Å². The van der Waals surface area contributed by atoms with Crippen LogP contribution in [0.25, 0.3) is 33.8 Å². The Labute approximate surface area is 400 Å². The van der Waals surface area contributed by atoms with Crippen molar-refractivity contribution in [2.24, 2.45) is 0 Å². The highest BCUT2D eigenvalue weighted by Crippen LogP contribution is 2.36. The molecule has 0 atom stereocenters. The van der Waals surface area contributed by atoms with Crippen molar-refractivity contribution < 1.29 is 64.0 Å². The van der Waals surface area contributed by atoms with Crippen LogP contribution in [-0.2, 0) is 4.74 Å². The molecule has 71 heavy (non-hydrogen) atoms. The van der Waals surface area contributed by atoms with Gasteiger partial charge in [-0.3, -0.25) is 8.80 Å². The van der Waals surface area contributed by atoms with Gasteiger partial charge in [-0.2, -0.15) is 26.3 Å². The predicted molar refractivity (Wildman–Crippen MR) is 250 cm³/mol. The highest BCUT2D eigenvalue weighted by Gasteiger charge is 2.28. The number of aromatic nitrogens is 4. The normalized spacial score (nSPS) is 11.6. The van der Waals surface area contributed by atoms with Gasteiger partial charge in [-0.05, 0) is 86.3 Å². The summed E-state index contributed by atoms with van der Waals surface area (Å²) in [4.78, 5) is 32.1. The molecule has 8 rings (SSSR count). The highest BCUT2D eigenvalue weighted by molar-refractivity contribution is 5.92. The second-order valence-electron chi connectivity index (χ2n) is 16.3. The van der Waals surface area contributed by atoms with E-state index in [2.05, 4.69) is 20.6 Å². The molecule has 0 bridgehead atoms. The van der Waals surface area contributed by atoms with Crippen LogP contribution < -0.4 is 20.1 Å². The van der Waals surface area contributed by atoms with E-state index in [1.807, 2.05) is 0 Å². The fraction of sp³-hybridized carbons (Fsp3) is 0.216. The maximum Gasteiger partial charge on any atom is 0.390 e. The number of ether oxygens (including phenoxy) is 3. The van der Waals surface area contributed by atoms with Crippen molar-refractivity contribution in [1.82, 2.24) is 18.8 Å². The molecule has 0 fully saturated rings. The Morgan fingerprint density at radius 1 is 0.592 bits per heavy atom. The molecule has 4 aromatic heterocycles. The van der Waals surface area contributed by atoms with Gasteiger partial charge in [-0.1, -0.05) is 24.3 Å². The second-order valence-corrected chi connectivity index (χ2v) is 16.3. The van der Waals surface area contributed by atoms with Gasteiger partial charge in [0.25, 0.3) is 0 Å². The number of nitrogens with one attached hydrogen (secondary N) is 2. The lowest BCUT2D eigenvalue weighted by molar-refractivity contribution is -0.132. The predicted octanol–water partition coefficient (Wildman–Crippen LogP) is 13.3. The minimum Gasteiger partial charge on any atom is -0.478 e. The van der Waals surface area contributed by atoms with E-state index < -0.39 is 48.8 Å². The number of methoxy groups -OCH3 is 1. The van der Waals surface area contributed by atoms with E-state index in [9.17, 15) is 49.8 Å². The minimum absolute atomic E-state index is 0.155. The van der Waals surface area contributed by atoms with Crippen LogP contribution in [0.5, 0.6) is 23.0 Å². The summed E-state index contributed by atoms with van der Waals surface area (Å²) in [5, 5.41) is 14.9. The largest absolute Gasteiger partial charge is 0.478 e. The molecular weight excluding hydrogens is 945 g/mol. The van der Waals surface area contributed by atoms with Crippen LogP contribution in [0.2, 0.25) is 0 Å². The summed E-state index contributed by atoms with van der Waals surface area (Å²) in [7, 11) is 1.30. The lowest BCUT2D eigenvalue weighted by atomic mass is 10.0. The highest BCUT2D eigenvalue weighted by atomic mass is 19.4. The number of imidazole rings is 2. The number of pyridine rings is 2. The molecule has 12 nitrogen and oxygen atoms in total. The number of aromatic carboxylic acids is 1. The number of rotatable bonds is 14. The molecule has 0 aliphatic carbocycles. The smallest absolute Gasteiger partial charge is 0.390 e. The van der Waals surface area contributed by atoms with Crippen molar-refractivity contribution in [3.8, 4) is 45.5 Å². The van der Waals surface area contributed by atoms with E-state index in [1.165, 1.54) is 55.8 Å². The van der Waals surface area contributed by atoms with Crippen LogP contribution in [0.15, 0.2) is 110 Å². The average molecular weight is 989 g/mol. The summed E-state index contributed by atoms with van der Waals surface area (Å²) in [6.45, 7) is 6.19. The number of esters is 1. The number of hydrogen-bond acceptors (Lipinski definition) is 9. The van der Waals surface area contributed by atoms with Crippen LogP contribution in [0.3, 0.4) is 0 Å². The van der Waals surface area contributed by atoms with Gasteiger partial charge < -0.3 is 30.0 Å². The van der Waals surface area contributed by atoms with Gasteiger partial charge in [-0.15, -0.1) is 0 Å². The molecule has 0 amide bonds. The Morgan fingerprint density at radius 2 is 1.01 bits per heavy atom. The molecule has 0 saturated heterocycles. The molecule has 0 spiro atoms. The third kappa shape index (κ3) is 12.4.